The second-order valence-electron chi connectivity index (χ2n) is 2.85. The second kappa shape index (κ2) is 4.33. The van der Waals surface area contributed by atoms with Crippen molar-refractivity contribution in [2.75, 3.05) is 0 Å². The van der Waals surface area contributed by atoms with Gasteiger partial charge in [0.15, 0.2) is 0 Å². The Morgan fingerprint density at radius 1 is 1.50 bits per heavy atom. The molecular formula is C7H9BrN2O3S. The minimum Gasteiger partial charge on any atom is -0.285 e. The van der Waals surface area contributed by atoms with E-state index in [2.05, 4.69) is 25.9 Å². The van der Waals surface area contributed by atoms with Gasteiger partial charge in [0.05, 0.1) is 9.72 Å². The van der Waals surface area contributed by atoms with Crippen molar-refractivity contribution in [1.29, 1.82) is 0 Å². The Morgan fingerprint density at radius 3 is 2.43 bits per heavy atom. The van der Waals surface area contributed by atoms with Crippen LogP contribution in [0, 0.1) is 0 Å². The number of nitrogens with zero attached hydrogens (tertiary/aromatic N) is 2. The largest absolute Gasteiger partial charge is 0.285 e. The fourth-order valence-electron chi connectivity index (χ4n) is 0.807. The van der Waals surface area contributed by atoms with Crippen LogP contribution in [0.4, 0.5) is 0 Å². The van der Waals surface area contributed by atoms with E-state index in [-0.39, 0.29) is 6.42 Å². The highest BCUT2D eigenvalue weighted by Gasteiger charge is 2.18. The first-order chi connectivity index (χ1) is 6.39. The topological polar surface area (TPSA) is 80.2 Å². The lowest BCUT2D eigenvalue weighted by atomic mass is 10.3. The van der Waals surface area contributed by atoms with Gasteiger partial charge in [0.25, 0.3) is 10.1 Å². The molecule has 0 fully saturated rings. The number of hydrogen-bond acceptors (Lipinski definition) is 4. The van der Waals surface area contributed by atoms with Crippen LogP contribution in [-0.4, -0.2) is 28.2 Å². The maximum Gasteiger partial charge on any atom is 0.267 e. The van der Waals surface area contributed by atoms with Crippen LogP contribution in [0.1, 0.15) is 12.7 Å². The average molecular weight is 281 g/mol. The summed E-state index contributed by atoms with van der Waals surface area (Å²) in [5.41, 5.74) is 0. The zero-order valence-electron chi connectivity index (χ0n) is 7.38. The van der Waals surface area contributed by atoms with Gasteiger partial charge in [0, 0.05) is 18.8 Å². The molecule has 1 rings (SSSR count). The first-order valence-electron chi connectivity index (χ1n) is 3.82. The maximum atomic E-state index is 10.7. The molecule has 0 spiro atoms. The van der Waals surface area contributed by atoms with E-state index in [1.165, 1.54) is 19.3 Å². The molecule has 0 bridgehead atoms. The number of rotatable bonds is 3. The van der Waals surface area contributed by atoms with E-state index >= 15 is 0 Å². The minimum atomic E-state index is -4.00. The highest BCUT2D eigenvalue weighted by atomic mass is 79.9. The third-order valence-electron chi connectivity index (χ3n) is 1.65. The van der Waals surface area contributed by atoms with E-state index in [9.17, 15) is 8.42 Å². The van der Waals surface area contributed by atoms with E-state index in [4.69, 9.17) is 4.55 Å². The van der Waals surface area contributed by atoms with Crippen LogP contribution in [-0.2, 0) is 16.5 Å². The van der Waals surface area contributed by atoms with Crippen molar-refractivity contribution < 1.29 is 13.0 Å². The third kappa shape index (κ3) is 3.32. The van der Waals surface area contributed by atoms with Crippen molar-refractivity contribution in [3.8, 4) is 0 Å². The Balaban J connectivity index is 2.75. The van der Waals surface area contributed by atoms with E-state index in [1.54, 1.807) is 0 Å². The van der Waals surface area contributed by atoms with Crippen LogP contribution in [0.2, 0.25) is 0 Å². The Bertz CT molecular complexity index is 403. The highest BCUT2D eigenvalue weighted by molar-refractivity contribution is 9.10. The molecule has 1 aromatic rings. The Kier molecular flexibility index (Phi) is 3.57. The fourth-order valence-corrected chi connectivity index (χ4v) is 1.37. The molecule has 7 heteroatoms. The Morgan fingerprint density at radius 2 is 2.00 bits per heavy atom. The van der Waals surface area contributed by atoms with Gasteiger partial charge in [0.1, 0.15) is 5.82 Å². The van der Waals surface area contributed by atoms with Gasteiger partial charge in [-0.05, 0) is 22.9 Å². The first kappa shape index (κ1) is 11.5. The molecule has 0 saturated heterocycles. The molecule has 0 amide bonds. The summed E-state index contributed by atoms with van der Waals surface area (Å²) in [5.74, 6) is 0.387. The molecule has 0 saturated carbocycles. The van der Waals surface area contributed by atoms with Gasteiger partial charge < -0.3 is 0 Å². The van der Waals surface area contributed by atoms with Gasteiger partial charge >= 0.3 is 0 Å². The number of halogens is 1. The average Bonchev–Trinajstić information content (AvgIpc) is 2.07. The molecule has 0 aliphatic heterocycles. The third-order valence-corrected chi connectivity index (χ3v) is 3.25. The van der Waals surface area contributed by atoms with Crippen molar-refractivity contribution >= 4 is 26.0 Å². The molecule has 78 valence electrons. The van der Waals surface area contributed by atoms with Gasteiger partial charge in [-0.1, -0.05) is 0 Å². The molecule has 1 N–H and O–H groups in total. The zero-order chi connectivity index (χ0) is 10.8. The van der Waals surface area contributed by atoms with E-state index in [0.717, 1.165) is 4.47 Å². The molecule has 14 heavy (non-hydrogen) atoms. The van der Waals surface area contributed by atoms with Crippen LogP contribution < -0.4 is 0 Å². The van der Waals surface area contributed by atoms with Crippen molar-refractivity contribution in [3.63, 3.8) is 0 Å². The molecule has 5 nitrogen and oxygen atoms in total. The standard InChI is InChI=1S/C7H9BrN2O3S/c1-5(14(11,12)13)2-7-9-3-6(8)4-10-7/h3-5H,2H2,1H3,(H,11,12,13)/t5-/m0/s1. The summed E-state index contributed by atoms with van der Waals surface area (Å²) in [5, 5.41) is -0.885. The quantitative estimate of drug-likeness (QED) is 0.838. The lowest BCUT2D eigenvalue weighted by molar-refractivity contribution is 0.468. The maximum absolute atomic E-state index is 10.7. The number of hydrogen-bond donors (Lipinski definition) is 1. The van der Waals surface area contributed by atoms with Gasteiger partial charge in [0.2, 0.25) is 0 Å². The van der Waals surface area contributed by atoms with Crippen LogP contribution in [0.25, 0.3) is 0 Å². The molecule has 0 aliphatic rings. The van der Waals surface area contributed by atoms with Crippen molar-refractivity contribution in [2.24, 2.45) is 0 Å². The van der Waals surface area contributed by atoms with E-state index in [1.807, 2.05) is 0 Å². The summed E-state index contributed by atoms with van der Waals surface area (Å²) in [4.78, 5) is 7.80. The highest BCUT2D eigenvalue weighted by Crippen LogP contribution is 2.08. The normalized spacial score (nSPS) is 13.9. The molecule has 0 unspecified atom stereocenters. The summed E-state index contributed by atoms with van der Waals surface area (Å²) in [6.45, 7) is 1.40. The summed E-state index contributed by atoms with van der Waals surface area (Å²) >= 11 is 3.16. The van der Waals surface area contributed by atoms with Gasteiger partial charge in [-0.15, -0.1) is 0 Å². The minimum absolute atomic E-state index is 0.103. The zero-order valence-corrected chi connectivity index (χ0v) is 9.79. The van der Waals surface area contributed by atoms with Gasteiger partial charge in [-0.2, -0.15) is 8.42 Å². The Hall–Kier alpha value is -0.530. The predicted octanol–water partition coefficient (Wildman–Crippen LogP) is 1.06. The van der Waals surface area contributed by atoms with Crippen LogP contribution >= 0.6 is 15.9 Å². The van der Waals surface area contributed by atoms with Crippen LogP contribution in [0.5, 0.6) is 0 Å². The summed E-state index contributed by atoms with van der Waals surface area (Å²) in [6.07, 6.45) is 3.16. The SMILES string of the molecule is C[C@@H](Cc1ncc(Br)cn1)S(=O)(=O)O. The van der Waals surface area contributed by atoms with Crippen molar-refractivity contribution in [1.82, 2.24) is 9.97 Å². The first-order valence-corrected chi connectivity index (χ1v) is 6.12. The van der Waals surface area contributed by atoms with Crippen LogP contribution in [0.15, 0.2) is 16.9 Å². The van der Waals surface area contributed by atoms with Gasteiger partial charge in [-0.25, -0.2) is 9.97 Å². The van der Waals surface area contributed by atoms with Crippen molar-refractivity contribution in [3.05, 3.63) is 22.7 Å². The number of aromatic nitrogens is 2. The lowest BCUT2D eigenvalue weighted by Crippen LogP contribution is -2.20. The van der Waals surface area contributed by atoms with Gasteiger partial charge in [-0.3, -0.25) is 4.55 Å². The molecule has 1 atom stereocenters. The molecule has 0 radical (unpaired) electrons. The smallest absolute Gasteiger partial charge is 0.267 e. The van der Waals surface area contributed by atoms with E-state index in [0.29, 0.717) is 5.82 Å². The molecular weight excluding hydrogens is 272 g/mol. The van der Waals surface area contributed by atoms with Crippen LogP contribution in [0.3, 0.4) is 0 Å². The molecule has 1 heterocycles. The second-order valence-corrected chi connectivity index (χ2v) is 5.60. The summed E-state index contributed by atoms with van der Waals surface area (Å²) < 4.78 is 30.8. The molecule has 1 aromatic heterocycles. The molecule has 0 aromatic carbocycles. The lowest BCUT2D eigenvalue weighted by Gasteiger charge is -2.05. The summed E-state index contributed by atoms with van der Waals surface area (Å²) in [7, 11) is -4.00. The summed E-state index contributed by atoms with van der Waals surface area (Å²) in [6, 6.07) is 0. The van der Waals surface area contributed by atoms with E-state index < -0.39 is 15.4 Å². The molecule has 0 aliphatic carbocycles. The van der Waals surface area contributed by atoms with Crippen molar-refractivity contribution in [2.45, 2.75) is 18.6 Å². The Labute approximate surface area is 90.5 Å². The monoisotopic (exact) mass is 280 g/mol. The fraction of sp³-hybridized carbons (Fsp3) is 0.429. The predicted molar refractivity (Wildman–Crippen MR) is 54.4 cm³/mol.